The summed E-state index contributed by atoms with van der Waals surface area (Å²) >= 11 is 0. The van der Waals surface area contributed by atoms with Crippen molar-refractivity contribution < 1.29 is 19.7 Å². The van der Waals surface area contributed by atoms with Crippen molar-refractivity contribution in [1.82, 2.24) is 10.3 Å². The minimum Gasteiger partial charge on any atom is -0.491 e. The van der Waals surface area contributed by atoms with Crippen molar-refractivity contribution >= 4 is 10.9 Å². The molecule has 0 spiro atoms. The average Bonchev–Trinajstić information content (AvgIpc) is 2.87. The van der Waals surface area contributed by atoms with E-state index in [9.17, 15) is 10.2 Å². The highest BCUT2D eigenvalue weighted by atomic mass is 16.5. The highest BCUT2D eigenvalue weighted by molar-refractivity contribution is 5.84. The van der Waals surface area contributed by atoms with Gasteiger partial charge in [0.05, 0.1) is 12.1 Å². The molecule has 0 radical (unpaired) electrons. The third-order valence-corrected chi connectivity index (χ3v) is 5.29. The molecule has 170 valence electrons. The number of nitrogens with one attached hydrogen (secondary N) is 1. The third kappa shape index (κ3) is 6.52. The maximum Gasteiger partial charge on any atom is 0.138 e. The Labute approximate surface area is 193 Å². The van der Waals surface area contributed by atoms with Crippen LogP contribution in [0.3, 0.4) is 0 Å². The molecule has 0 amide bonds. The zero-order chi connectivity index (χ0) is 22.9. The number of benzene rings is 3. The van der Waals surface area contributed by atoms with Crippen LogP contribution >= 0.6 is 0 Å². The molecule has 33 heavy (non-hydrogen) atoms. The van der Waals surface area contributed by atoms with E-state index < -0.39 is 6.10 Å². The van der Waals surface area contributed by atoms with Gasteiger partial charge in [0.25, 0.3) is 0 Å². The summed E-state index contributed by atoms with van der Waals surface area (Å²) in [7, 11) is 0. The molecule has 0 unspecified atom stereocenters. The molecule has 6 heteroatoms. The van der Waals surface area contributed by atoms with E-state index in [-0.39, 0.29) is 19.3 Å². The minimum absolute atomic E-state index is 0.0342. The molecule has 0 aliphatic heterocycles. The van der Waals surface area contributed by atoms with Gasteiger partial charge in [-0.25, -0.2) is 0 Å². The molecule has 0 bridgehead atoms. The smallest absolute Gasteiger partial charge is 0.138 e. The first-order valence-corrected chi connectivity index (χ1v) is 11.0. The molecular weight excluding hydrogens is 416 g/mol. The fourth-order valence-electron chi connectivity index (χ4n) is 3.54. The van der Waals surface area contributed by atoms with Gasteiger partial charge in [0, 0.05) is 24.2 Å². The van der Waals surface area contributed by atoms with Crippen LogP contribution in [0.2, 0.25) is 0 Å². The van der Waals surface area contributed by atoms with Crippen molar-refractivity contribution in [3.63, 3.8) is 0 Å². The number of hydrogen-bond donors (Lipinski definition) is 3. The number of hydrogen-bond acceptors (Lipinski definition) is 6. The zero-order valence-electron chi connectivity index (χ0n) is 18.3. The van der Waals surface area contributed by atoms with Crippen LogP contribution in [0.4, 0.5) is 0 Å². The molecular formula is C27H28N2O4. The molecule has 0 fully saturated rings. The van der Waals surface area contributed by atoms with Crippen molar-refractivity contribution in [2.75, 3.05) is 19.8 Å². The number of ether oxygens (including phenoxy) is 2. The Hall–Kier alpha value is -3.45. The molecule has 0 aliphatic carbocycles. The molecule has 3 N–H and O–H groups in total. The molecule has 0 saturated heterocycles. The first kappa shape index (κ1) is 22.7. The van der Waals surface area contributed by atoms with Gasteiger partial charge in [-0.2, -0.15) is 0 Å². The van der Waals surface area contributed by atoms with E-state index in [1.54, 1.807) is 6.20 Å². The summed E-state index contributed by atoms with van der Waals surface area (Å²) in [5, 5.41) is 24.1. The molecule has 0 saturated carbocycles. The molecule has 0 aliphatic rings. The van der Waals surface area contributed by atoms with E-state index in [0.717, 1.165) is 33.7 Å². The largest absolute Gasteiger partial charge is 0.491 e. The molecule has 1 aromatic heterocycles. The van der Waals surface area contributed by atoms with Crippen LogP contribution in [0.5, 0.6) is 17.2 Å². The molecule has 2 atom stereocenters. The van der Waals surface area contributed by atoms with Crippen LogP contribution in [-0.4, -0.2) is 47.1 Å². The van der Waals surface area contributed by atoms with E-state index in [1.807, 2.05) is 84.9 Å². The van der Waals surface area contributed by atoms with Gasteiger partial charge in [0.1, 0.15) is 30.0 Å². The molecule has 1 heterocycles. The van der Waals surface area contributed by atoms with Crippen molar-refractivity contribution in [1.29, 1.82) is 0 Å². The minimum atomic E-state index is -0.676. The van der Waals surface area contributed by atoms with E-state index in [4.69, 9.17) is 9.47 Å². The highest BCUT2D eigenvalue weighted by Gasteiger charge is 2.12. The lowest BCUT2D eigenvalue weighted by molar-refractivity contribution is 0.0997. The number of nitrogens with zero attached hydrogens (tertiary/aromatic N) is 1. The maximum absolute atomic E-state index is 10.2. The van der Waals surface area contributed by atoms with Gasteiger partial charge in [0.15, 0.2) is 0 Å². The second kappa shape index (κ2) is 11.4. The number of pyridine rings is 1. The number of aliphatic hydroxyl groups is 2. The van der Waals surface area contributed by atoms with Crippen LogP contribution in [0.1, 0.15) is 5.56 Å². The van der Waals surface area contributed by atoms with Crippen LogP contribution in [0.15, 0.2) is 91.1 Å². The summed E-state index contributed by atoms with van der Waals surface area (Å²) in [6.45, 7) is 0.479. The Morgan fingerprint density at radius 1 is 0.848 bits per heavy atom. The molecule has 4 aromatic rings. The number of fused-ring (bicyclic) bond motifs is 1. The van der Waals surface area contributed by atoms with Crippen molar-refractivity contribution in [3.05, 3.63) is 96.7 Å². The van der Waals surface area contributed by atoms with Gasteiger partial charge >= 0.3 is 0 Å². The Morgan fingerprint density at radius 3 is 2.39 bits per heavy atom. The zero-order valence-corrected chi connectivity index (χ0v) is 18.3. The van der Waals surface area contributed by atoms with Gasteiger partial charge in [-0.3, -0.25) is 4.98 Å². The monoisotopic (exact) mass is 444 g/mol. The summed E-state index contributed by atoms with van der Waals surface area (Å²) in [6, 6.07) is 26.7. The van der Waals surface area contributed by atoms with Crippen LogP contribution in [0.25, 0.3) is 10.9 Å². The molecule has 4 rings (SSSR count). The number of aromatic nitrogens is 1. The van der Waals surface area contributed by atoms with Gasteiger partial charge in [-0.05, 0) is 54.4 Å². The Bertz CT molecular complexity index is 1130. The Morgan fingerprint density at radius 2 is 1.61 bits per heavy atom. The summed E-state index contributed by atoms with van der Waals surface area (Å²) in [4.78, 5) is 4.36. The molecule has 6 nitrogen and oxygen atoms in total. The predicted molar refractivity (Wildman–Crippen MR) is 129 cm³/mol. The summed E-state index contributed by atoms with van der Waals surface area (Å²) in [6.07, 6.45) is 1.69. The Balaban J connectivity index is 1.28. The van der Waals surface area contributed by atoms with Gasteiger partial charge < -0.3 is 25.0 Å². The van der Waals surface area contributed by atoms with Crippen molar-refractivity contribution in [2.45, 2.75) is 18.6 Å². The van der Waals surface area contributed by atoms with Gasteiger partial charge in [-0.15, -0.1) is 0 Å². The first-order chi connectivity index (χ1) is 16.2. The lowest BCUT2D eigenvalue weighted by Crippen LogP contribution is -2.41. The second-order valence-electron chi connectivity index (χ2n) is 7.84. The maximum atomic E-state index is 10.2. The van der Waals surface area contributed by atoms with E-state index in [0.29, 0.717) is 13.0 Å². The van der Waals surface area contributed by atoms with E-state index in [2.05, 4.69) is 10.3 Å². The SMILES string of the molecule is OC[C@H](Cc1ccc(Oc2ccnc3ccccc23)cc1)NC[C@H](O)COc1ccccc1. The fourth-order valence-corrected chi connectivity index (χ4v) is 3.54. The standard InChI is InChI=1S/C27H28N2O4/c30-18-21(29-17-22(31)19-32-23-6-2-1-3-7-23)16-20-10-12-24(13-11-20)33-27-14-15-28-26-9-5-4-8-25(26)27/h1-15,21-22,29-31H,16-19H2/t21-,22-/m0/s1. The van der Waals surface area contributed by atoms with Crippen molar-refractivity contribution in [3.8, 4) is 17.2 Å². The Kier molecular flexibility index (Phi) is 7.87. The number of aliphatic hydroxyl groups excluding tert-OH is 2. The van der Waals surface area contributed by atoms with Crippen LogP contribution in [-0.2, 0) is 6.42 Å². The van der Waals surface area contributed by atoms with Crippen molar-refractivity contribution in [2.24, 2.45) is 0 Å². The fraction of sp³-hybridized carbons (Fsp3) is 0.222. The quantitative estimate of drug-likeness (QED) is 0.325. The van der Waals surface area contributed by atoms with Crippen LogP contribution < -0.4 is 14.8 Å². The lowest BCUT2D eigenvalue weighted by Gasteiger charge is -2.19. The summed E-state index contributed by atoms with van der Waals surface area (Å²) < 4.78 is 11.6. The average molecular weight is 445 g/mol. The normalized spacial score (nSPS) is 12.9. The van der Waals surface area contributed by atoms with Crippen LogP contribution in [0, 0.1) is 0 Å². The second-order valence-corrected chi connectivity index (χ2v) is 7.84. The number of rotatable bonds is 11. The first-order valence-electron chi connectivity index (χ1n) is 11.0. The summed E-state index contributed by atoms with van der Waals surface area (Å²) in [5.74, 6) is 2.21. The lowest BCUT2D eigenvalue weighted by atomic mass is 10.1. The third-order valence-electron chi connectivity index (χ3n) is 5.29. The molecule has 3 aromatic carbocycles. The highest BCUT2D eigenvalue weighted by Crippen LogP contribution is 2.28. The topological polar surface area (TPSA) is 83.8 Å². The van der Waals surface area contributed by atoms with Gasteiger partial charge in [0.2, 0.25) is 0 Å². The van der Waals surface area contributed by atoms with E-state index >= 15 is 0 Å². The van der Waals surface area contributed by atoms with Gasteiger partial charge in [-0.1, -0.05) is 42.5 Å². The predicted octanol–water partition coefficient (Wildman–Crippen LogP) is 3.96. The summed E-state index contributed by atoms with van der Waals surface area (Å²) in [5.41, 5.74) is 1.95. The number of para-hydroxylation sites is 2. The van der Waals surface area contributed by atoms with E-state index in [1.165, 1.54) is 0 Å².